The Morgan fingerprint density at radius 3 is 2.40 bits per heavy atom. The third-order valence-corrected chi connectivity index (χ3v) is 2.34. The molecule has 0 saturated carbocycles. The van der Waals surface area contributed by atoms with E-state index in [1.54, 1.807) is 14.0 Å². The van der Waals surface area contributed by atoms with Crippen molar-refractivity contribution in [1.29, 1.82) is 5.41 Å². The maximum absolute atomic E-state index is 11.6. The summed E-state index contributed by atoms with van der Waals surface area (Å²) >= 11 is 0. The summed E-state index contributed by atoms with van der Waals surface area (Å²) in [5.41, 5.74) is 0.294. The number of nitrogens with one attached hydrogen (secondary N) is 2. The van der Waals surface area contributed by atoms with Crippen molar-refractivity contribution in [3.8, 4) is 11.8 Å². The largest absolute Gasteiger partial charge is 0.457 e. The van der Waals surface area contributed by atoms with Gasteiger partial charge < -0.3 is 9.47 Å². The van der Waals surface area contributed by atoms with Gasteiger partial charge in [-0.2, -0.15) is 0 Å². The van der Waals surface area contributed by atoms with Crippen molar-refractivity contribution in [2.45, 2.75) is 46.4 Å². The fraction of sp³-hybridized carbons (Fsp3) is 0.600. The van der Waals surface area contributed by atoms with Crippen LogP contribution in [0.1, 0.15) is 34.1 Å². The van der Waals surface area contributed by atoms with E-state index in [0.717, 1.165) is 0 Å². The minimum atomic E-state index is -0.789. The standard InChI is InChI=1S/C15H24N2O3/c1-7-8-9-12(19-15(18)11(4)5)14(17-6)20-13(16)10(2)3/h10,12,14,16-17H,4,7H2,1-3,5-6H3. The molecule has 0 heterocycles. The SMILES string of the molecule is C=C(C)C(=O)OC(C#CCC)C(NC)OC(=N)C(C)C. The third-order valence-electron chi connectivity index (χ3n) is 2.34. The summed E-state index contributed by atoms with van der Waals surface area (Å²) in [6.07, 6.45) is -0.838. The van der Waals surface area contributed by atoms with Crippen molar-refractivity contribution in [2.24, 2.45) is 5.92 Å². The molecule has 20 heavy (non-hydrogen) atoms. The minimum Gasteiger partial charge on any atom is -0.457 e. The summed E-state index contributed by atoms with van der Waals surface area (Å²) in [7, 11) is 1.66. The van der Waals surface area contributed by atoms with Crippen LogP contribution in [-0.4, -0.2) is 31.2 Å². The smallest absolute Gasteiger partial charge is 0.334 e. The molecule has 0 rings (SSSR count). The zero-order valence-corrected chi connectivity index (χ0v) is 12.9. The Bertz CT molecular complexity index is 419. The van der Waals surface area contributed by atoms with Gasteiger partial charge in [0.25, 0.3) is 0 Å². The number of ether oxygens (including phenoxy) is 2. The van der Waals surface area contributed by atoms with Gasteiger partial charge in [0.2, 0.25) is 6.10 Å². The molecule has 112 valence electrons. The Kier molecular flexibility index (Phi) is 8.33. The van der Waals surface area contributed by atoms with Gasteiger partial charge in [-0.25, -0.2) is 4.79 Å². The van der Waals surface area contributed by atoms with Gasteiger partial charge in [-0.05, 0) is 14.0 Å². The molecule has 0 aliphatic rings. The van der Waals surface area contributed by atoms with Crippen molar-refractivity contribution in [1.82, 2.24) is 5.32 Å². The van der Waals surface area contributed by atoms with Crippen LogP contribution in [-0.2, 0) is 14.3 Å². The highest BCUT2D eigenvalue weighted by molar-refractivity contribution is 5.87. The lowest BCUT2D eigenvalue weighted by atomic mass is 10.2. The number of carbonyl (C=O) groups is 1. The maximum atomic E-state index is 11.6. The average molecular weight is 280 g/mol. The van der Waals surface area contributed by atoms with Gasteiger partial charge in [0, 0.05) is 17.9 Å². The average Bonchev–Trinajstić information content (AvgIpc) is 2.39. The fourth-order valence-corrected chi connectivity index (χ4v) is 1.13. The van der Waals surface area contributed by atoms with Crippen molar-refractivity contribution in [3.63, 3.8) is 0 Å². The summed E-state index contributed by atoms with van der Waals surface area (Å²) < 4.78 is 10.7. The van der Waals surface area contributed by atoms with E-state index in [-0.39, 0.29) is 11.8 Å². The van der Waals surface area contributed by atoms with Crippen LogP contribution in [0.2, 0.25) is 0 Å². The molecular formula is C15H24N2O3. The van der Waals surface area contributed by atoms with Gasteiger partial charge in [-0.3, -0.25) is 10.7 Å². The summed E-state index contributed by atoms with van der Waals surface area (Å²) in [4.78, 5) is 11.6. The fourth-order valence-electron chi connectivity index (χ4n) is 1.13. The molecule has 0 spiro atoms. The van der Waals surface area contributed by atoms with Gasteiger partial charge in [-0.1, -0.05) is 39.2 Å². The molecule has 0 aliphatic carbocycles. The molecule has 5 nitrogen and oxygen atoms in total. The molecule has 2 unspecified atom stereocenters. The molecule has 5 heteroatoms. The zero-order chi connectivity index (χ0) is 15.7. The topological polar surface area (TPSA) is 71.4 Å². The molecule has 0 aromatic carbocycles. The number of rotatable bonds is 6. The molecule has 0 amide bonds. The van der Waals surface area contributed by atoms with E-state index in [4.69, 9.17) is 14.9 Å². The maximum Gasteiger partial charge on any atom is 0.334 e. The summed E-state index contributed by atoms with van der Waals surface area (Å²) in [6, 6.07) is 0. The molecule has 0 bridgehead atoms. The summed E-state index contributed by atoms with van der Waals surface area (Å²) in [5, 5.41) is 10.6. The van der Waals surface area contributed by atoms with Crippen LogP contribution in [0.15, 0.2) is 12.2 Å². The number of likely N-dealkylation sites (N-methyl/N-ethyl adjacent to an activating group) is 1. The highest BCUT2D eigenvalue weighted by atomic mass is 16.6. The van der Waals surface area contributed by atoms with E-state index < -0.39 is 18.3 Å². The zero-order valence-electron chi connectivity index (χ0n) is 12.9. The molecule has 2 N–H and O–H groups in total. The lowest BCUT2D eigenvalue weighted by molar-refractivity contribution is -0.146. The van der Waals surface area contributed by atoms with Crippen LogP contribution in [0.5, 0.6) is 0 Å². The highest BCUT2D eigenvalue weighted by Gasteiger charge is 2.25. The van der Waals surface area contributed by atoms with E-state index in [0.29, 0.717) is 12.0 Å². The molecule has 0 aromatic rings. The highest BCUT2D eigenvalue weighted by Crippen LogP contribution is 2.08. The van der Waals surface area contributed by atoms with Gasteiger partial charge in [0.1, 0.15) is 0 Å². The Morgan fingerprint density at radius 2 is 2.00 bits per heavy atom. The van der Waals surface area contributed by atoms with Gasteiger partial charge in [0.15, 0.2) is 12.1 Å². The van der Waals surface area contributed by atoms with Crippen molar-refractivity contribution >= 4 is 11.9 Å². The van der Waals surface area contributed by atoms with Crippen molar-refractivity contribution in [2.75, 3.05) is 7.05 Å². The van der Waals surface area contributed by atoms with Gasteiger partial charge >= 0.3 is 5.97 Å². The molecule has 0 radical (unpaired) electrons. The van der Waals surface area contributed by atoms with Gasteiger partial charge in [-0.15, -0.1) is 0 Å². The van der Waals surface area contributed by atoms with Crippen LogP contribution >= 0.6 is 0 Å². The predicted octanol–water partition coefficient (Wildman–Crippen LogP) is 2.08. The lowest BCUT2D eigenvalue weighted by Crippen LogP contribution is -2.44. The van der Waals surface area contributed by atoms with E-state index in [9.17, 15) is 4.79 Å². The third kappa shape index (κ3) is 6.39. The van der Waals surface area contributed by atoms with E-state index in [1.807, 2.05) is 20.8 Å². The van der Waals surface area contributed by atoms with Crippen molar-refractivity contribution < 1.29 is 14.3 Å². The second-order valence-corrected chi connectivity index (χ2v) is 4.63. The van der Waals surface area contributed by atoms with Crippen LogP contribution < -0.4 is 5.32 Å². The van der Waals surface area contributed by atoms with Gasteiger partial charge in [0.05, 0.1) is 0 Å². The minimum absolute atomic E-state index is 0.0533. The molecule has 2 atom stereocenters. The first kappa shape index (κ1) is 18.2. The normalized spacial score (nSPS) is 12.9. The Morgan fingerprint density at radius 1 is 1.40 bits per heavy atom. The van der Waals surface area contributed by atoms with Crippen molar-refractivity contribution in [3.05, 3.63) is 12.2 Å². The second-order valence-electron chi connectivity index (χ2n) is 4.63. The first-order chi connectivity index (χ1) is 9.33. The Balaban J connectivity index is 5.00. The second kappa shape index (κ2) is 9.16. The van der Waals surface area contributed by atoms with E-state index in [2.05, 4.69) is 23.7 Å². The summed E-state index contributed by atoms with van der Waals surface area (Å²) in [6.45, 7) is 10.7. The quantitative estimate of drug-likeness (QED) is 0.195. The van der Waals surface area contributed by atoms with Crippen LogP contribution in [0.3, 0.4) is 0 Å². The number of carbonyl (C=O) groups excluding carboxylic acids is 1. The number of esters is 1. The molecule has 0 aromatic heterocycles. The van der Waals surface area contributed by atoms with E-state index in [1.165, 1.54) is 0 Å². The first-order valence-corrected chi connectivity index (χ1v) is 6.60. The van der Waals surface area contributed by atoms with Crippen LogP contribution in [0.4, 0.5) is 0 Å². The molecular weight excluding hydrogens is 256 g/mol. The van der Waals surface area contributed by atoms with Crippen LogP contribution in [0.25, 0.3) is 0 Å². The molecule has 0 saturated heterocycles. The first-order valence-electron chi connectivity index (χ1n) is 6.60. The lowest BCUT2D eigenvalue weighted by Gasteiger charge is -2.25. The molecule has 0 aliphatic heterocycles. The Hall–Kier alpha value is -1.80. The number of hydrogen-bond donors (Lipinski definition) is 2. The molecule has 0 fully saturated rings. The monoisotopic (exact) mass is 280 g/mol. The van der Waals surface area contributed by atoms with E-state index >= 15 is 0 Å². The predicted molar refractivity (Wildman–Crippen MR) is 79.3 cm³/mol. The summed E-state index contributed by atoms with van der Waals surface area (Å²) in [5.74, 6) is 5.22. The van der Waals surface area contributed by atoms with Crippen LogP contribution in [0, 0.1) is 23.2 Å². The Labute approximate surface area is 121 Å². The number of hydrogen-bond acceptors (Lipinski definition) is 5.